The molecule has 0 saturated carbocycles. The van der Waals surface area contributed by atoms with E-state index in [1.54, 1.807) is 31.2 Å². The van der Waals surface area contributed by atoms with E-state index in [0.717, 1.165) is 0 Å². The number of hydrogen-bond acceptors (Lipinski definition) is 5. The fourth-order valence-electron chi connectivity index (χ4n) is 1.62. The molecule has 0 radical (unpaired) electrons. The summed E-state index contributed by atoms with van der Waals surface area (Å²) in [4.78, 5) is 23.1. The Morgan fingerprint density at radius 3 is 2.91 bits per heavy atom. The number of halogens is 1. The minimum Gasteiger partial charge on any atom is -0.450 e. The van der Waals surface area contributed by atoms with E-state index in [1.807, 2.05) is 0 Å². The summed E-state index contributed by atoms with van der Waals surface area (Å²) in [5.41, 5.74) is 0.586. The van der Waals surface area contributed by atoms with Gasteiger partial charge in [0.2, 0.25) is 5.91 Å². The smallest absolute Gasteiger partial charge is 0.412 e. The van der Waals surface area contributed by atoms with Gasteiger partial charge in [0.25, 0.3) is 0 Å². The third-order valence-electron chi connectivity index (χ3n) is 2.46. The Balaban J connectivity index is 1.89. The summed E-state index contributed by atoms with van der Waals surface area (Å²) in [6.45, 7) is 1.89. The van der Waals surface area contributed by atoms with E-state index in [4.69, 9.17) is 16.3 Å². The molecule has 2 amide bonds. The molecule has 9 heteroatoms. The monoisotopic (exact) mass is 323 g/mol. The molecule has 116 valence electrons. The van der Waals surface area contributed by atoms with Gasteiger partial charge >= 0.3 is 6.09 Å². The maximum absolute atomic E-state index is 11.9. The molecule has 0 spiro atoms. The predicted octanol–water partition coefficient (Wildman–Crippen LogP) is 2.14. The molecule has 0 atom stereocenters. The quantitative estimate of drug-likeness (QED) is 0.878. The first-order chi connectivity index (χ1) is 10.6. The van der Waals surface area contributed by atoms with Gasteiger partial charge in [-0.1, -0.05) is 22.9 Å². The van der Waals surface area contributed by atoms with Gasteiger partial charge < -0.3 is 10.1 Å². The van der Waals surface area contributed by atoms with Crippen LogP contribution >= 0.6 is 11.6 Å². The van der Waals surface area contributed by atoms with Crippen LogP contribution in [0.15, 0.2) is 30.5 Å². The molecule has 0 saturated heterocycles. The zero-order chi connectivity index (χ0) is 15.9. The van der Waals surface area contributed by atoms with Gasteiger partial charge in [0.15, 0.2) is 5.82 Å². The van der Waals surface area contributed by atoms with Gasteiger partial charge in [-0.05, 0) is 25.1 Å². The highest BCUT2D eigenvalue weighted by atomic mass is 35.5. The van der Waals surface area contributed by atoms with Crippen LogP contribution in [0.25, 0.3) is 0 Å². The van der Waals surface area contributed by atoms with Gasteiger partial charge in [0.05, 0.1) is 12.8 Å². The van der Waals surface area contributed by atoms with Crippen LogP contribution < -0.4 is 10.6 Å². The van der Waals surface area contributed by atoms with Crippen LogP contribution in [0, 0.1) is 0 Å². The summed E-state index contributed by atoms with van der Waals surface area (Å²) in [6.07, 6.45) is 0.798. The van der Waals surface area contributed by atoms with Crippen molar-refractivity contribution in [1.29, 1.82) is 0 Å². The summed E-state index contributed by atoms with van der Waals surface area (Å²) < 4.78 is 6.00. The summed E-state index contributed by atoms with van der Waals surface area (Å²) in [7, 11) is 0. The largest absolute Gasteiger partial charge is 0.450 e. The van der Waals surface area contributed by atoms with Gasteiger partial charge in [-0.2, -0.15) is 0 Å². The van der Waals surface area contributed by atoms with Crippen molar-refractivity contribution in [2.24, 2.45) is 0 Å². The van der Waals surface area contributed by atoms with E-state index in [9.17, 15) is 9.59 Å². The zero-order valence-electron chi connectivity index (χ0n) is 11.7. The highest BCUT2D eigenvalue weighted by Gasteiger charge is 2.09. The van der Waals surface area contributed by atoms with Crippen LogP contribution in [-0.4, -0.2) is 33.6 Å². The number of nitrogens with zero attached hydrogens (tertiary/aromatic N) is 3. The SMILES string of the molecule is CCOC(=O)Nc1cn(CC(=O)Nc2cccc(Cl)c2)nn1. The number of carbonyl (C=O) groups is 2. The van der Waals surface area contributed by atoms with E-state index in [2.05, 4.69) is 20.9 Å². The standard InChI is InChI=1S/C13H14ClN5O3/c1-2-22-13(21)16-11-7-19(18-17-11)8-12(20)15-10-5-3-4-9(14)6-10/h3-7H,2,8H2,1H3,(H,15,20)(H,16,21). The molecule has 8 nitrogen and oxygen atoms in total. The fraction of sp³-hybridized carbons (Fsp3) is 0.231. The number of hydrogen-bond donors (Lipinski definition) is 2. The van der Waals surface area contributed by atoms with Crippen molar-refractivity contribution in [3.05, 3.63) is 35.5 Å². The predicted molar refractivity (Wildman–Crippen MR) is 80.7 cm³/mol. The number of anilines is 2. The highest BCUT2D eigenvalue weighted by Crippen LogP contribution is 2.14. The Morgan fingerprint density at radius 1 is 1.36 bits per heavy atom. The third kappa shape index (κ3) is 4.74. The van der Waals surface area contributed by atoms with Crippen LogP contribution in [0.3, 0.4) is 0 Å². The van der Waals surface area contributed by atoms with Crippen molar-refractivity contribution in [2.45, 2.75) is 13.5 Å². The number of ether oxygens (including phenoxy) is 1. The summed E-state index contributed by atoms with van der Waals surface area (Å²) in [5.74, 6) is -0.0937. The van der Waals surface area contributed by atoms with E-state index < -0.39 is 6.09 Å². The Morgan fingerprint density at radius 2 is 2.18 bits per heavy atom. The van der Waals surface area contributed by atoms with Gasteiger partial charge in [0.1, 0.15) is 6.54 Å². The molecule has 0 aliphatic rings. The first kappa shape index (κ1) is 15.8. The highest BCUT2D eigenvalue weighted by molar-refractivity contribution is 6.30. The average molecular weight is 324 g/mol. The molecular weight excluding hydrogens is 310 g/mol. The van der Waals surface area contributed by atoms with Crippen LogP contribution in [-0.2, 0) is 16.1 Å². The molecule has 2 N–H and O–H groups in total. The normalized spacial score (nSPS) is 10.1. The lowest BCUT2D eigenvalue weighted by Crippen LogP contribution is -2.19. The number of amides is 2. The number of carbonyl (C=O) groups excluding carboxylic acids is 2. The molecule has 1 heterocycles. The second kappa shape index (κ2) is 7.41. The molecule has 2 aromatic rings. The van der Waals surface area contributed by atoms with Gasteiger partial charge in [0, 0.05) is 10.7 Å². The third-order valence-corrected chi connectivity index (χ3v) is 2.69. The summed E-state index contributed by atoms with van der Waals surface area (Å²) >= 11 is 5.84. The summed E-state index contributed by atoms with van der Waals surface area (Å²) in [6, 6.07) is 6.80. The number of aromatic nitrogens is 3. The minimum absolute atomic E-state index is 0.0516. The fourth-order valence-corrected chi connectivity index (χ4v) is 1.81. The van der Waals surface area contributed by atoms with Gasteiger partial charge in [-0.15, -0.1) is 5.10 Å². The van der Waals surface area contributed by atoms with Crippen molar-refractivity contribution in [2.75, 3.05) is 17.2 Å². The van der Waals surface area contributed by atoms with Gasteiger partial charge in [-0.3, -0.25) is 10.1 Å². The number of nitrogens with one attached hydrogen (secondary N) is 2. The van der Waals surface area contributed by atoms with Crippen molar-refractivity contribution < 1.29 is 14.3 Å². The van der Waals surface area contributed by atoms with Crippen LogP contribution in [0.2, 0.25) is 5.02 Å². The molecule has 0 bridgehead atoms. The lowest BCUT2D eigenvalue weighted by atomic mass is 10.3. The number of rotatable bonds is 5. The summed E-state index contributed by atoms with van der Waals surface area (Å²) in [5, 5.41) is 13.0. The van der Waals surface area contributed by atoms with E-state index >= 15 is 0 Å². The molecular formula is C13H14ClN5O3. The molecule has 0 aliphatic heterocycles. The Kier molecular flexibility index (Phi) is 5.31. The minimum atomic E-state index is -0.627. The van der Waals surface area contributed by atoms with E-state index in [0.29, 0.717) is 10.7 Å². The zero-order valence-corrected chi connectivity index (χ0v) is 12.5. The van der Waals surface area contributed by atoms with Crippen LogP contribution in [0.1, 0.15) is 6.92 Å². The second-order valence-electron chi connectivity index (χ2n) is 4.21. The van der Waals surface area contributed by atoms with Gasteiger partial charge in [-0.25, -0.2) is 9.48 Å². The van der Waals surface area contributed by atoms with Crippen molar-refractivity contribution >= 4 is 35.1 Å². The van der Waals surface area contributed by atoms with Crippen LogP contribution in [0.4, 0.5) is 16.3 Å². The molecule has 1 aromatic heterocycles. The second-order valence-corrected chi connectivity index (χ2v) is 4.64. The molecule has 0 unspecified atom stereocenters. The Bertz CT molecular complexity index is 673. The average Bonchev–Trinajstić information content (AvgIpc) is 2.85. The Labute approximate surface area is 131 Å². The van der Waals surface area contributed by atoms with Crippen molar-refractivity contribution in [3.8, 4) is 0 Å². The van der Waals surface area contributed by atoms with E-state index in [1.165, 1.54) is 10.9 Å². The lowest BCUT2D eigenvalue weighted by molar-refractivity contribution is -0.116. The topological polar surface area (TPSA) is 98.1 Å². The maximum Gasteiger partial charge on any atom is 0.412 e. The Hall–Kier alpha value is -2.61. The molecule has 2 rings (SSSR count). The van der Waals surface area contributed by atoms with E-state index in [-0.39, 0.29) is 24.9 Å². The first-order valence-corrected chi connectivity index (χ1v) is 6.84. The number of benzene rings is 1. The molecule has 22 heavy (non-hydrogen) atoms. The maximum atomic E-state index is 11.9. The molecule has 0 fully saturated rings. The van der Waals surface area contributed by atoms with Crippen molar-refractivity contribution in [1.82, 2.24) is 15.0 Å². The molecule has 0 aliphatic carbocycles. The molecule has 1 aromatic carbocycles. The van der Waals surface area contributed by atoms with Crippen LogP contribution in [0.5, 0.6) is 0 Å². The lowest BCUT2D eigenvalue weighted by Gasteiger charge is -2.05. The first-order valence-electron chi connectivity index (χ1n) is 6.46. The van der Waals surface area contributed by atoms with Crippen molar-refractivity contribution in [3.63, 3.8) is 0 Å².